The van der Waals surface area contributed by atoms with Gasteiger partial charge in [-0.3, -0.25) is 9.78 Å². The minimum Gasteiger partial charge on any atom is -0.310 e. The summed E-state index contributed by atoms with van der Waals surface area (Å²) in [7, 11) is 1.59. The smallest absolute Gasteiger partial charge is 0.262 e. The minimum absolute atomic E-state index is 0.0474. The lowest BCUT2D eigenvalue weighted by Crippen LogP contribution is -2.13. The molecular formula is C19H14F3N5O. The van der Waals surface area contributed by atoms with Crippen LogP contribution in [0.4, 0.5) is 13.2 Å². The number of aromatic nitrogens is 5. The van der Waals surface area contributed by atoms with E-state index in [4.69, 9.17) is 0 Å². The summed E-state index contributed by atoms with van der Waals surface area (Å²) >= 11 is 0. The van der Waals surface area contributed by atoms with Gasteiger partial charge >= 0.3 is 0 Å². The number of alkyl halides is 1. The van der Waals surface area contributed by atoms with Gasteiger partial charge in [0.05, 0.1) is 5.69 Å². The number of hydrogen-bond acceptors (Lipinski definition) is 4. The van der Waals surface area contributed by atoms with Crippen LogP contribution in [-0.2, 0) is 20.1 Å². The molecule has 6 nitrogen and oxygen atoms in total. The zero-order valence-electron chi connectivity index (χ0n) is 14.7. The number of rotatable bonds is 4. The summed E-state index contributed by atoms with van der Waals surface area (Å²) in [6, 6.07) is 6.55. The van der Waals surface area contributed by atoms with Gasteiger partial charge in [-0.1, -0.05) is 6.07 Å². The summed E-state index contributed by atoms with van der Waals surface area (Å²) in [6.07, 6.45) is 1.81. The highest BCUT2D eigenvalue weighted by Gasteiger charge is 2.15. The van der Waals surface area contributed by atoms with Crippen LogP contribution in [-0.4, -0.2) is 24.7 Å². The van der Waals surface area contributed by atoms with Gasteiger partial charge in [0.15, 0.2) is 5.65 Å². The third kappa shape index (κ3) is 3.26. The van der Waals surface area contributed by atoms with Crippen LogP contribution >= 0.6 is 0 Å². The van der Waals surface area contributed by atoms with E-state index in [1.54, 1.807) is 25.4 Å². The summed E-state index contributed by atoms with van der Waals surface area (Å²) in [5.74, 6) is -0.989. The minimum atomic E-state index is -0.854. The molecule has 3 aromatic heterocycles. The lowest BCUT2D eigenvalue weighted by molar-refractivity contribution is 0.473. The first-order valence-corrected chi connectivity index (χ1v) is 8.36. The molecule has 0 aliphatic carbocycles. The van der Waals surface area contributed by atoms with Gasteiger partial charge in [-0.25, -0.2) is 22.8 Å². The number of fused-ring (bicyclic) bond motifs is 1. The van der Waals surface area contributed by atoms with Crippen LogP contribution in [0.3, 0.4) is 0 Å². The van der Waals surface area contributed by atoms with E-state index in [0.29, 0.717) is 22.7 Å². The van der Waals surface area contributed by atoms with Crippen molar-refractivity contribution in [3.63, 3.8) is 0 Å². The average molecular weight is 385 g/mol. The molecule has 0 aliphatic heterocycles. The molecule has 1 aromatic carbocycles. The Labute approximate surface area is 156 Å². The van der Waals surface area contributed by atoms with Gasteiger partial charge in [0.1, 0.15) is 35.2 Å². The SMILES string of the molecule is Cn1nc(CF)c2c(=O)[nH]c(Cc3ccc(-c4cc(F)cc(F)c4)nc3)nc21. The molecule has 28 heavy (non-hydrogen) atoms. The predicted octanol–water partition coefficient (Wildman–Crippen LogP) is 3.06. The van der Waals surface area contributed by atoms with E-state index in [-0.39, 0.29) is 17.5 Å². The van der Waals surface area contributed by atoms with Crippen molar-refractivity contribution in [2.24, 2.45) is 7.05 Å². The number of H-pyrrole nitrogens is 1. The molecule has 142 valence electrons. The molecule has 0 unspecified atom stereocenters. The first kappa shape index (κ1) is 17.9. The van der Waals surface area contributed by atoms with Gasteiger partial charge in [-0.2, -0.15) is 5.10 Å². The third-order valence-corrected chi connectivity index (χ3v) is 4.30. The second kappa shape index (κ2) is 6.91. The molecule has 1 N–H and O–H groups in total. The second-order valence-electron chi connectivity index (χ2n) is 6.30. The quantitative estimate of drug-likeness (QED) is 0.586. The fraction of sp³-hybridized carbons (Fsp3) is 0.158. The van der Waals surface area contributed by atoms with E-state index >= 15 is 0 Å². The third-order valence-electron chi connectivity index (χ3n) is 4.30. The molecule has 4 rings (SSSR count). The zero-order valence-corrected chi connectivity index (χ0v) is 14.7. The molecule has 0 bridgehead atoms. The Morgan fingerprint density at radius 3 is 2.54 bits per heavy atom. The molecule has 0 aliphatic rings. The van der Waals surface area contributed by atoms with Crippen molar-refractivity contribution < 1.29 is 13.2 Å². The largest absolute Gasteiger partial charge is 0.310 e. The van der Waals surface area contributed by atoms with Crippen molar-refractivity contribution in [2.75, 3.05) is 0 Å². The normalized spacial score (nSPS) is 11.3. The summed E-state index contributed by atoms with van der Waals surface area (Å²) < 4.78 is 41.1. The summed E-state index contributed by atoms with van der Waals surface area (Å²) in [5.41, 5.74) is 1.36. The van der Waals surface area contributed by atoms with Crippen molar-refractivity contribution in [2.45, 2.75) is 13.1 Å². The zero-order chi connectivity index (χ0) is 19.8. The van der Waals surface area contributed by atoms with Gasteiger partial charge in [0.25, 0.3) is 5.56 Å². The molecular weight excluding hydrogens is 371 g/mol. The monoisotopic (exact) mass is 385 g/mol. The molecule has 0 atom stereocenters. The van der Waals surface area contributed by atoms with Gasteiger partial charge in [0.2, 0.25) is 0 Å². The summed E-state index contributed by atoms with van der Waals surface area (Å²) in [6.45, 7) is -0.854. The molecule has 9 heteroatoms. The number of benzene rings is 1. The second-order valence-corrected chi connectivity index (χ2v) is 6.30. The molecule has 0 amide bonds. The van der Waals surface area contributed by atoms with Crippen molar-refractivity contribution in [3.05, 3.63) is 75.6 Å². The van der Waals surface area contributed by atoms with Gasteiger partial charge in [-0.05, 0) is 23.8 Å². The van der Waals surface area contributed by atoms with E-state index in [1.807, 2.05) is 0 Å². The van der Waals surface area contributed by atoms with E-state index in [2.05, 4.69) is 20.1 Å². The summed E-state index contributed by atoms with van der Waals surface area (Å²) in [4.78, 5) is 23.5. The number of aryl methyl sites for hydroxylation is 1. The van der Waals surface area contributed by atoms with Gasteiger partial charge in [-0.15, -0.1) is 0 Å². The number of aromatic amines is 1. The standard InChI is InChI=1S/C19H14F3N5O/c1-27-18-17(15(8-20)26-27)19(28)25-16(24-18)4-10-2-3-14(23-9-10)11-5-12(21)7-13(22)6-11/h2-3,5-7,9H,4,8H2,1H3,(H,24,25,28). The highest BCUT2D eigenvalue weighted by Crippen LogP contribution is 2.20. The molecule has 0 radical (unpaired) electrons. The maximum atomic E-state index is 13.4. The van der Waals surface area contributed by atoms with Crippen LogP contribution < -0.4 is 5.56 Å². The van der Waals surface area contributed by atoms with Crippen LogP contribution in [0, 0.1) is 11.6 Å². The molecule has 4 aromatic rings. The van der Waals surface area contributed by atoms with E-state index in [9.17, 15) is 18.0 Å². The summed E-state index contributed by atoms with van der Waals surface area (Å²) in [5, 5.41) is 4.10. The number of halogens is 3. The number of nitrogens with one attached hydrogen (secondary N) is 1. The predicted molar refractivity (Wildman–Crippen MR) is 96.3 cm³/mol. The highest BCUT2D eigenvalue weighted by atomic mass is 19.1. The lowest BCUT2D eigenvalue weighted by atomic mass is 10.1. The molecule has 0 saturated carbocycles. The van der Waals surface area contributed by atoms with Crippen LogP contribution in [0.15, 0.2) is 41.3 Å². The molecule has 0 saturated heterocycles. The number of nitrogens with zero attached hydrogens (tertiary/aromatic N) is 4. The molecule has 0 spiro atoms. The van der Waals surface area contributed by atoms with Crippen LogP contribution in [0.1, 0.15) is 17.1 Å². The first-order chi connectivity index (χ1) is 13.4. The number of pyridine rings is 1. The van der Waals surface area contributed by atoms with Gasteiger partial charge < -0.3 is 4.98 Å². The van der Waals surface area contributed by atoms with Crippen LogP contribution in [0.25, 0.3) is 22.3 Å². The Morgan fingerprint density at radius 2 is 1.89 bits per heavy atom. The van der Waals surface area contributed by atoms with Crippen molar-refractivity contribution in [3.8, 4) is 11.3 Å². The van der Waals surface area contributed by atoms with E-state index in [0.717, 1.165) is 11.6 Å². The fourth-order valence-corrected chi connectivity index (χ4v) is 3.05. The van der Waals surface area contributed by atoms with E-state index in [1.165, 1.54) is 16.8 Å². The molecule has 3 heterocycles. The Bertz CT molecular complexity index is 1210. The van der Waals surface area contributed by atoms with Crippen molar-refractivity contribution in [1.82, 2.24) is 24.7 Å². The van der Waals surface area contributed by atoms with Gasteiger partial charge in [0, 0.05) is 31.3 Å². The average Bonchev–Trinajstić information content (AvgIpc) is 2.98. The van der Waals surface area contributed by atoms with E-state index < -0.39 is 23.9 Å². The molecule has 0 fully saturated rings. The lowest BCUT2D eigenvalue weighted by Gasteiger charge is -2.05. The topological polar surface area (TPSA) is 76.5 Å². The maximum absolute atomic E-state index is 13.4. The fourth-order valence-electron chi connectivity index (χ4n) is 3.05. The Morgan fingerprint density at radius 1 is 1.14 bits per heavy atom. The first-order valence-electron chi connectivity index (χ1n) is 8.36. The Hall–Kier alpha value is -3.49. The van der Waals surface area contributed by atoms with Crippen molar-refractivity contribution >= 4 is 11.0 Å². The number of hydrogen-bond donors (Lipinski definition) is 1. The van der Waals surface area contributed by atoms with Crippen molar-refractivity contribution in [1.29, 1.82) is 0 Å². The Kier molecular flexibility index (Phi) is 4.42. The Balaban J connectivity index is 1.64. The highest BCUT2D eigenvalue weighted by molar-refractivity contribution is 5.77. The maximum Gasteiger partial charge on any atom is 0.262 e. The van der Waals surface area contributed by atoms with Crippen LogP contribution in [0.2, 0.25) is 0 Å². The van der Waals surface area contributed by atoms with Crippen LogP contribution in [0.5, 0.6) is 0 Å².